The molecule has 1 atom stereocenters. The topological polar surface area (TPSA) is 66.8 Å². The van der Waals surface area contributed by atoms with E-state index in [-0.39, 0.29) is 18.4 Å². The molecule has 0 bridgehead atoms. The van der Waals surface area contributed by atoms with Crippen LogP contribution >= 0.6 is 0 Å². The van der Waals surface area contributed by atoms with Crippen LogP contribution in [-0.2, 0) is 16.0 Å². The van der Waals surface area contributed by atoms with Crippen molar-refractivity contribution in [3.8, 4) is 5.75 Å². The average molecular weight is 277 g/mol. The molecule has 1 N–H and O–H groups in total. The molecule has 0 saturated carbocycles. The molecule has 1 heterocycles. The lowest BCUT2D eigenvalue weighted by Crippen LogP contribution is -2.40. The summed E-state index contributed by atoms with van der Waals surface area (Å²) in [5.41, 5.74) is 0.929. The molecule has 0 aliphatic carbocycles. The molecule has 1 saturated heterocycles. The van der Waals surface area contributed by atoms with E-state index < -0.39 is 5.97 Å². The molecule has 0 amide bonds. The van der Waals surface area contributed by atoms with E-state index >= 15 is 0 Å². The van der Waals surface area contributed by atoms with Gasteiger partial charge in [0.05, 0.1) is 19.7 Å². The molecule has 1 fully saturated rings. The van der Waals surface area contributed by atoms with Crippen LogP contribution < -0.4 is 4.74 Å². The standard InChI is InChI=1S/C15H19NO4/c1-20-12-6-4-11(5-7-12)9-14(17)13-3-2-8-16(13)10-15(18)19/h4-7,13H,2-3,8-10H2,1H3,(H,18,19). The minimum Gasteiger partial charge on any atom is -0.497 e. The van der Waals surface area contributed by atoms with E-state index in [1.54, 1.807) is 12.0 Å². The van der Waals surface area contributed by atoms with E-state index in [2.05, 4.69) is 0 Å². The predicted octanol–water partition coefficient (Wildman–Crippen LogP) is 1.36. The quantitative estimate of drug-likeness (QED) is 0.850. The Hall–Kier alpha value is -1.88. The van der Waals surface area contributed by atoms with E-state index in [1.807, 2.05) is 24.3 Å². The van der Waals surface area contributed by atoms with E-state index in [9.17, 15) is 9.59 Å². The van der Waals surface area contributed by atoms with Gasteiger partial charge in [-0.05, 0) is 37.1 Å². The number of benzene rings is 1. The molecular formula is C15H19NO4. The number of likely N-dealkylation sites (tertiary alicyclic amines) is 1. The number of hydrogen-bond donors (Lipinski definition) is 1. The van der Waals surface area contributed by atoms with Gasteiger partial charge >= 0.3 is 5.97 Å². The number of ketones is 1. The maximum absolute atomic E-state index is 12.3. The lowest BCUT2D eigenvalue weighted by atomic mass is 10.0. The maximum atomic E-state index is 12.3. The van der Waals surface area contributed by atoms with Gasteiger partial charge in [0.2, 0.25) is 0 Å². The predicted molar refractivity (Wildman–Crippen MR) is 73.9 cm³/mol. The number of carbonyl (C=O) groups is 2. The van der Waals surface area contributed by atoms with Gasteiger partial charge in [-0.2, -0.15) is 0 Å². The molecule has 0 aromatic heterocycles. The molecule has 1 aliphatic heterocycles. The minimum atomic E-state index is -0.880. The molecule has 108 valence electrons. The third-order valence-electron chi connectivity index (χ3n) is 3.61. The highest BCUT2D eigenvalue weighted by Crippen LogP contribution is 2.20. The van der Waals surface area contributed by atoms with Crippen molar-refractivity contribution in [2.45, 2.75) is 25.3 Å². The summed E-state index contributed by atoms with van der Waals surface area (Å²) < 4.78 is 5.08. The van der Waals surface area contributed by atoms with Crippen LogP contribution in [-0.4, -0.2) is 48.0 Å². The molecule has 1 aromatic carbocycles. The van der Waals surface area contributed by atoms with Gasteiger partial charge in [-0.25, -0.2) is 0 Å². The van der Waals surface area contributed by atoms with Crippen LogP contribution in [0.1, 0.15) is 18.4 Å². The summed E-state index contributed by atoms with van der Waals surface area (Å²) in [4.78, 5) is 24.8. The van der Waals surface area contributed by atoms with Gasteiger partial charge in [0, 0.05) is 6.42 Å². The first-order valence-electron chi connectivity index (χ1n) is 6.71. The van der Waals surface area contributed by atoms with Crippen molar-refractivity contribution in [3.63, 3.8) is 0 Å². The van der Waals surface area contributed by atoms with Crippen LogP contribution in [0.3, 0.4) is 0 Å². The van der Waals surface area contributed by atoms with Gasteiger partial charge < -0.3 is 9.84 Å². The number of rotatable bonds is 6. The van der Waals surface area contributed by atoms with E-state index in [0.717, 1.165) is 24.2 Å². The van der Waals surface area contributed by atoms with Gasteiger partial charge in [-0.1, -0.05) is 12.1 Å². The minimum absolute atomic E-state index is 0.0565. The summed E-state index contributed by atoms with van der Waals surface area (Å²) in [6, 6.07) is 7.13. The fraction of sp³-hybridized carbons (Fsp3) is 0.467. The van der Waals surface area contributed by atoms with Gasteiger partial charge in [-0.15, -0.1) is 0 Å². The Bertz CT molecular complexity index is 483. The van der Waals surface area contributed by atoms with Crippen LogP contribution in [0.4, 0.5) is 0 Å². The molecule has 1 aliphatic rings. The molecule has 1 aromatic rings. The molecule has 20 heavy (non-hydrogen) atoms. The van der Waals surface area contributed by atoms with Crippen molar-refractivity contribution in [1.82, 2.24) is 4.90 Å². The fourth-order valence-electron chi connectivity index (χ4n) is 2.62. The van der Waals surface area contributed by atoms with Crippen molar-refractivity contribution in [3.05, 3.63) is 29.8 Å². The normalized spacial score (nSPS) is 18.9. The lowest BCUT2D eigenvalue weighted by Gasteiger charge is -2.21. The highest BCUT2D eigenvalue weighted by atomic mass is 16.5. The summed E-state index contributed by atoms with van der Waals surface area (Å²) in [6.45, 7) is 0.629. The van der Waals surface area contributed by atoms with Gasteiger partial charge in [0.1, 0.15) is 5.75 Å². The van der Waals surface area contributed by atoms with Crippen molar-refractivity contribution in [2.75, 3.05) is 20.2 Å². The number of ether oxygens (including phenoxy) is 1. The smallest absolute Gasteiger partial charge is 0.317 e. The van der Waals surface area contributed by atoms with E-state index in [1.165, 1.54) is 0 Å². The van der Waals surface area contributed by atoms with Crippen LogP contribution in [0.5, 0.6) is 5.75 Å². The Labute approximate surface area is 118 Å². The number of hydrogen-bond acceptors (Lipinski definition) is 4. The number of carboxylic acid groups (broad SMARTS) is 1. The zero-order chi connectivity index (χ0) is 14.5. The number of methoxy groups -OCH3 is 1. The van der Waals surface area contributed by atoms with Crippen LogP contribution in [0.15, 0.2) is 24.3 Å². The Morgan fingerprint density at radius 2 is 2.05 bits per heavy atom. The second-order valence-electron chi connectivity index (χ2n) is 5.01. The number of Topliss-reactive ketones (excluding diaryl/α,β-unsaturated/α-hetero) is 1. The maximum Gasteiger partial charge on any atom is 0.317 e. The van der Waals surface area contributed by atoms with Gasteiger partial charge in [0.15, 0.2) is 5.78 Å². The molecule has 0 spiro atoms. The third kappa shape index (κ3) is 3.57. The first-order chi connectivity index (χ1) is 9.60. The highest BCUT2D eigenvalue weighted by molar-refractivity contribution is 5.87. The first kappa shape index (κ1) is 14.5. The molecule has 2 rings (SSSR count). The Kier molecular flexibility index (Phi) is 4.74. The number of carbonyl (C=O) groups excluding carboxylic acids is 1. The van der Waals surface area contributed by atoms with Crippen LogP contribution in [0.25, 0.3) is 0 Å². The number of carboxylic acids is 1. The Morgan fingerprint density at radius 3 is 2.65 bits per heavy atom. The zero-order valence-electron chi connectivity index (χ0n) is 11.5. The van der Waals surface area contributed by atoms with Crippen molar-refractivity contribution >= 4 is 11.8 Å². The van der Waals surface area contributed by atoms with Gasteiger partial charge in [-0.3, -0.25) is 14.5 Å². The monoisotopic (exact) mass is 277 g/mol. The summed E-state index contributed by atoms with van der Waals surface area (Å²) in [5, 5.41) is 8.85. The van der Waals surface area contributed by atoms with Crippen molar-refractivity contribution < 1.29 is 19.4 Å². The lowest BCUT2D eigenvalue weighted by molar-refractivity contribution is -0.139. The molecule has 5 nitrogen and oxygen atoms in total. The zero-order valence-corrected chi connectivity index (χ0v) is 11.5. The SMILES string of the molecule is COc1ccc(CC(=O)C2CCCN2CC(=O)O)cc1. The fourth-order valence-corrected chi connectivity index (χ4v) is 2.62. The summed E-state index contributed by atoms with van der Waals surface area (Å²) >= 11 is 0. The van der Waals surface area contributed by atoms with Gasteiger partial charge in [0.25, 0.3) is 0 Å². The second kappa shape index (κ2) is 6.52. The van der Waals surface area contributed by atoms with Crippen LogP contribution in [0.2, 0.25) is 0 Å². The first-order valence-corrected chi connectivity index (χ1v) is 6.71. The third-order valence-corrected chi connectivity index (χ3v) is 3.61. The van der Waals surface area contributed by atoms with Crippen LogP contribution in [0, 0.1) is 0 Å². The van der Waals surface area contributed by atoms with E-state index in [4.69, 9.17) is 9.84 Å². The summed E-state index contributed by atoms with van der Waals surface area (Å²) in [6.07, 6.45) is 1.97. The summed E-state index contributed by atoms with van der Waals surface area (Å²) in [5.74, 6) is -0.0300. The second-order valence-corrected chi connectivity index (χ2v) is 5.01. The van der Waals surface area contributed by atoms with E-state index in [0.29, 0.717) is 13.0 Å². The average Bonchev–Trinajstić information content (AvgIpc) is 2.87. The Morgan fingerprint density at radius 1 is 1.35 bits per heavy atom. The largest absolute Gasteiger partial charge is 0.497 e. The molecular weight excluding hydrogens is 258 g/mol. The molecule has 0 radical (unpaired) electrons. The number of aliphatic carboxylic acids is 1. The molecule has 5 heteroatoms. The Balaban J connectivity index is 1.97. The van der Waals surface area contributed by atoms with Crippen molar-refractivity contribution in [2.24, 2.45) is 0 Å². The number of nitrogens with zero attached hydrogens (tertiary/aromatic N) is 1. The van der Waals surface area contributed by atoms with Crippen molar-refractivity contribution in [1.29, 1.82) is 0 Å². The molecule has 1 unspecified atom stereocenters. The highest BCUT2D eigenvalue weighted by Gasteiger charge is 2.31. The summed E-state index contributed by atoms with van der Waals surface area (Å²) in [7, 11) is 1.60.